The summed E-state index contributed by atoms with van der Waals surface area (Å²) in [7, 11) is 0. The quantitative estimate of drug-likeness (QED) is 0.645. The molecule has 1 N–H and O–H groups in total. The van der Waals surface area contributed by atoms with Gasteiger partial charge in [-0.05, 0) is 12.1 Å². The lowest BCUT2D eigenvalue weighted by molar-refractivity contribution is 1.34. The number of hydrogen-bond donors (Lipinski definition) is 1. The Balaban J connectivity index is 2.63. The average molecular weight is 169 g/mol. The molecular formula is C10H7N3. The molecule has 0 aliphatic carbocycles. The lowest BCUT2D eigenvalue weighted by atomic mass is 10.1. The largest absolute Gasteiger partial charge is 0.277 e. The maximum atomic E-state index is 8.82. The topological polar surface area (TPSA) is 48.2 Å². The summed E-state index contributed by atoms with van der Waals surface area (Å²) in [5.74, 6) is 0. The van der Waals surface area contributed by atoms with Gasteiger partial charge >= 0.3 is 0 Å². The van der Waals surface area contributed by atoms with E-state index in [9.17, 15) is 0 Å². The zero-order valence-electron chi connectivity index (χ0n) is 6.86. The fourth-order valence-corrected chi connectivity index (χ4v) is 1.22. The van der Waals surface area contributed by atoms with E-state index in [1.54, 1.807) is 12.3 Å². The molecule has 1 aliphatic heterocycles. The van der Waals surface area contributed by atoms with Gasteiger partial charge in [-0.15, -0.1) is 0 Å². The van der Waals surface area contributed by atoms with Crippen molar-refractivity contribution in [1.29, 1.82) is 5.26 Å². The zero-order valence-corrected chi connectivity index (χ0v) is 6.86. The third-order valence-corrected chi connectivity index (χ3v) is 1.83. The van der Waals surface area contributed by atoms with Crippen molar-refractivity contribution in [2.45, 2.75) is 0 Å². The first-order valence-corrected chi connectivity index (χ1v) is 3.90. The van der Waals surface area contributed by atoms with Crippen LogP contribution in [-0.2, 0) is 0 Å². The van der Waals surface area contributed by atoms with E-state index in [0.29, 0.717) is 5.56 Å². The average Bonchev–Trinajstić information content (AvgIpc) is 2.41. The summed E-state index contributed by atoms with van der Waals surface area (Å²) in [5.41, 5.74) is 5.20. The van der Waals surface area contributed by atoms with Gasteiger partial charge in [0.25, 0.3) is 0 Å². The Morgan fingerprint density at radius 1 is 1.38 bits per heavy atom. The van der Waals surface area contributed by atoms with Crippen LogP contribution in [0.3, 0.4) is 0 Å². The summed E-state index contributed by atoms with van der Waals surface area (Å²) in [4.78, 5) is 0. The van der Waals surface area contributed by atoms with Crippen LogP contribution in [0, 0.1) is 11.3 Å². The molecule has 0 bridgehead atoms. The summed E-state index contributed by atoms with van der Waals surface area (Å²) in [5, 5.41) is 12.7. The van der Waals surface area contributed by atoms with Crippen LogP contribution in [-0.4, -0.2) is 6.21 Å². The first-order chi connectivity index (χ1) is 6.42. The number of para-hydroxylation sites is 1. The first-order valence-electron chi connectivity index (χ1n) is 3.90. The molecule has 13 heavy (non-hydrogen) atoms. The van der Waals surface area contributed by atoms with Gasteiger partial charge in [-0.2, -0.15) is 10.4 Å². The van der Waals surface area contributed by atoms with Crippen LogP contribution in [0.15, 0.2) is 29.4 Å². The Morgan fingerprint density at radius 3 is 3.15 bits per heavy atom. The molecular weight excluding hydrogens is 162 g/mol. The minimum Gasteiger partial charge on any atom is -0.277 e. The molecule has 3 heteroatoms. The summed E-state index contributed by atoms with van der Waals surface area (Å²) >= 11 is 0. The maximum Gasteiger partial charge on any atom is 0.101 e. The van der Waals surface area contributed by atoms with Crippen LogP contribution < -0.4 is 5.43 Å². The smallest absolute Gasteiger partial charge is 0.101 e. The molecule has 0 amide bonds. The Hall–Kier alpha value is -2.08. The molecule has 0 atom stereocenters. The minimum atomic E-state index is 0.612. The molecule has 0 saturated carbocycles. The van der Waals surface area contributed by atoms with Crippen molar-refractivity contribution in [2.24, 2.45) is 5.10 Å². The monoisotopic (exact) mass is 169 g/mol. The Morgan fingerprint density at radius 2 is 2.31 bits per heavy atom. The van der Waals surface area contributed by atoms with Crippen molar-refractivity contribution in [2.75, 3.05) is 5.43 Å². The Labute approximate surface area is 76.0 Å². The van der Waals surface area contributed by atoms with Crippen LogP contribution in [0.25, 0.3) is 6.08 Å². The molecule has 1 aromatic rings. The molecule has 0 spiro atoms. The fourth-order valence-electron chi connectivity index (χ4n) is 1.22. The van der Waals surface area contributed by atoms with E-state index >= 15 is 0 Å². The molecule has 1 heterocycles. The normalized spacial score (nSPS) is 12.5. The maximum absolute atomic E-state index is 8.82. The fraction of sp³-hybridized carbons (Fsp3) is 0. The second-order valence-corrected chi connectivity index (χ2v) is 2.63. The van der Waals surface area contributed by atoms with Crippen molar-refractivity contribution in [3.8, 4) is 6.07 Å². The van der Waals surface area contributed by atoms with Gasteiger partial charge in [-0.25, -0.2) is 0 Å². The molecule has 0 fully saturated rings. The highest BCUT2D eigenvalue weighted by Crippen LogP contribution is 2.22. The van der Waals surface area contributed by atoms with Gasteiger partial charge in [0.05, 0.1) is 11.3 Å². The van der Waals surface area contributed by atoms with Gasteiger partial charge in [0.15, 0.2) is 0 Å². The van der Waals surface area contributed by atoms with Crippen LogP contribution in [0.4, 0.5) is 5.69 Å². The molecule has 0 radical (unpaired) electrons. The first kappa shape index (κ1) is 7.56. The minimum absolute atomic E-state index is 0.612. The molecule has 0 unspecified atom stereocenters. The molecule has 0 saturated heterocycles. The summed E-state index contributed by atoms with van der Waals surface area (Å²) in [6.07, 6.45) is 5.40. The number of nitrogens with zero attached hydrogens (tertiary/aromatic N) is 2. The number of fused-ring (bicyclic) bond motifs is 1. The highest BCUT2D eigenvalue weighted by molar-refractivity contribution is 5.85. The summed E-state index contributed by atoms with van der Waals surface area (Å²) in [6, 6.07) is 7.67. The van der Waals surface area contributed by atoms with Crippen molar-refractivity contribution in [1.82, 2.24) is 0 Å². The van der Waals surface area contributed by atoms with Crippen molar-refractivity contribution >= 4 is 18.0 Å². The van der Waals surface area contributed by atoms with Gasteiger partial charge in [0.1, 0.15) is 6.07 Å². The van der Waals surface area contributed by atoms with Gasteiger partial charge < -0.3 is 0 Å². The lowest BCUT2D eigenvalue weighted by Crippen LogP contribution is -1.93. The van der Waals surface area contributed by atoms with Crippen molar-refractivity contribution < 1.29 is 0 Å². The summed E-state index contributed by atoms with van der Waals surface area (Å²) < 4.78 is 0. The number of rotatable bonds is 0. The lowest BCUT2D eigenvalue weighted by Gasteiger charge is -2.04. The number of allylic oxidation sites excluding steroid dienone is 1. The van der Waals surface area contributed by atoms with E-state index in [0.717, 1.165) is 11.3 Å². The highest BCUT2D eigenvalue weighted by Gasteiger charge is 2.05. The molecule has 62 valence electrons. The Bertz CT molecular complexity index is 424. The number of hydrogen-bond acceptors (Lipinski definition) is 3. The number of nitrogens with one attached hydrogen (secondary N) is 1. The van der Waals surface area contributed by atoms with Crippen molar-refractivity contribution in [3.05, 3.63) is 35.4 Å². The predicted octanol–water partition coefficient (Wildman–Crippen LogP) is 1.98. The van der Waals surface area contributed by atoms with Crippen LogP contribution in [0.2, 0.25) is 0 Å². The third-order valence-electron chi connectivity index (χ3n) is 1.83. The number of nitriles is 1. The molecule has 3 nitrogen and oxygen atoms in total. The molecule has 0 aromatic heterocycles. The van der Waals surface area contributed by atoms with E-state index in [1.807, 2.05) is 24.3 Å². The van der Waals surface area contributed by atoms with Crippen LogP contribution >= 0.6 is 0 Å². The van der Waals surface area contributed by atoms with Crippen LogP contribution in [0.5, 0.6) is 0 Å². The summed E-state index contributed by atoms with van der Waals surface area (Å²) in [6.45, 7) is 0. The van der Waals surface area contributed by atoms with Crippen molar-refractivity contribution in [3.63, 3.8) is 0 Å². The second kappa shape index (κ2) is 3.11. The van der Waals surface area contributed by atoms with E-state index < -0.39 is 0 Å². The van der Waals surface area contributed by atoms with Crippen LogP contribution in [0.1, 0.15) is 11.1 Å². The second-order valence-electron chi connectivity index (χ2n) is 2.63. The molecule has 2 rings (SSSR count). The number of hydrazone groups is 1. The van der Waals surface area contributed by atoms with E-state index in [4.69, 9.17) is 5.26 Å². The predicted molar refractivity (Wildman–Crippen MR) is 52.3 cm³/mol. The van der Waals surface area contributed by atoms with E-state index in [-0.39, 0.29) is 0 Å². The third kappa shape index (κ3) is 1.30. The van der Waals surface area contributed by atoms with Gasteiger partial charge in [0.2, 0.25) is 0 Å². The zero-order chi connectivity index (χ0) is 9.10. The van der Waals surface area contributed by atoms with E-state index in [2.05, 4.69) is 16.6 Å². The molecule has 1 aromatic carbocycles. The van der Waals surface area contributed by atoms with Gasteiger partial charge in [-0.3, -0.25) is 5.43 Å². The Kier molecular flexibility index (Phi) is 1.81. The van der Waals surface area contributed by atoms with Gasteiger partial charge in [-0.1, -0.05) is 18.2 Å². The molecule has 1 aliphatic rings. The van der Waals surface area contributed by atoms with Gasteiger partial charge in [0, 0.05) is 11.8 Å². The standard InChI is InChI=1S/C10H7N3/c11-7-9-4-1-3-8-5-2-6-12-13-10(8)9/h1-6,13H. The number of anilines is 1. The SMILES string of the molecule is N#Cc1cccc2c1NN=CC=C2. The highest BCUT2D eigenvalue weighted by atomic mass is 15.3. The number of benzene rings is 1. The van der Waals surface area contributed by atoms with E-state index in [1.165, 1.54) is 0 Å².